The molecule has 1 heterocycles. The van der Waals surface area contributed by atoms with E-state index in [2.05, 4.69) is 50.3 Å². The predicted molar refractivity (Wildman–Crippen MR) is 82.9 cm³/mol. The fourth-order valence-corrected chi connectivity index (χ4v) is 3.28. The average molecular weight is 300 g/mol. The molecule has 1 aliphatic heterocycles. The molecule has 5 nitrogen and oxygen atoms in total. The minimum atomic E-state index is -1.18. The lowest BCUT2D eigenvalue weighted by Gasteiger charge is -2.43. The van der Waals surface area contributed by atoms with Crippen LogP contribution in [0, 0.1) is 0 Å². The lowest BCUT2D eigenvalue weighted by Crippen LogP contribution is -2.56. The van der Waals surface area contributed by atoms with E-state index in [0.29, 0.717) is 6.54 Å². The summed E-state index contributed by atoms with van der Waals surface area (Å²) in [5, 5.41) is 5.31. The third kappa shape index (κ3) is 4.41. The van der Waals surface area contributed by atoms with E-state index >= 15 is 0 Å². The van der Waals surface area contributed by atoms with Gasteiger partial charge in [0.05, 0.1) is 13.2 Å². The second kappa shape index (κ2) is 6.84. The summed E-state index contributed by atoms with van der Waals surface area (Å²) in [6.07, 6.45) is 2.11. The first-order chi connectivity index (χ1) is 9.16. The number of methoxy groups -OCH3 is 1. The molecular formula is C14H28N2O3Si. The SMILES string of the molecule is COC(=O)[C@H]1NC[C@H](N(O[SiH](C)C)C(C)(C)C)C=C1C. The monoisotopic (exact) mass is 300 g/mol. The molecule has 0 bridgehead atoms. The highest BCUT2D eigenvalue weighted by Crippen LogP contribution is 2.23. The Morgan fingerprint density at radius 1 is 1.45 bits per heavy atom. The highest BCUT2D eigenvalue weighted by atomic mass is 28.3. The number of ether oxygens (including phenoxy) is 1. The number of hydroxylamine groups is 2. The van der Waals surface area contributed by atoms with Crippen LogP contribution in [0.25, 0.3) is 0 Å². The van der Waals surface area contributed by atoms with Gasteiger partial charge in [0, 0.05) is 12.1 Å². The molecule has 0 aromatic heterocycles. The molecule has 0 aliphatic carbocycles. The van der Waals surface area contributed by atoms with E-state index in [-0.39, 0.29) is 23.6 Å². The van der Waals surface area contributed by atoms with E-state index in [1.165, 1.54) is 7.11 Å². The van der Waals surface area contributed by atoms with Gasteiger partial charge in [-0.2, -0.15) is 5.06 Å². The van der Waals surface area contributed by atoms with Crippen molar-refractivity contribution in [2.45, 2.75) is 58.4 Å². The zero-order valence-electron chi connectivity index (χ0n) is 13.7. The molecule has 2 atom stereocenters. The zero-order chi connectivity index (χ0) is 15.5. The van der Waals surface area contributed by atoms with Gasteiger partial charge in [0.15, 0.2) is 9.04 Å². The van der Waals surface area contributed by atoms with Gasteiger partial charge in [0.25, 0.3) is 0 Å². The van der Waals surface area contributed by atoms with Gasteiger partial charge in [-0.05, 0) is 46.4 Å². The van der Waals surface area contributed by atoms with Crippen molar-refractivity contribution in [2.75, 3.05) is 13.7 Å². The van der Waals surface area contributed by atoms with E-state index in [1.54, 1.807) is 0 Å². The molecule has 6 heteroatoms. The summed E-state index contributed by atoms with van der Waals surface area (Å²) in [6, 6.07) is -0.208. The molecule has 1 aliphatic rings. The molecule has 0 saturated heterocycles. The smallest absolute Gasteiger partial charge is 0.327 e. The van der Waals surface area contributed by atoms with Crippen molar-refractivity contribution in [3.63, 3.8) is 0 Å². The Morgan fingerprint density at radius 2 is 2.05 bits per heavy atom. The maximum atomic E-state index is 11.7. The van der Waals surface area contributed by atoms with Crippen LogP contribution in [0.1, 0.15) is 27.7 Å². The average Bonchev–Trinajstić information content (AvgIpc) is 2.33. The molecule has 0 aromatic carbocycles. The molecule has 1 rings (SSSR count). The van der Waals surface area contributed by atoms with Gasteiger partial charge in [0.2, 0.25) is 0 Å². The Morgan fingerprint density at radius 3 is 2.45 bits per heavy atom. The number of hydrogen-bond acceptors (Lipinski definition) is 5. The molecule has 0 saturated carbocycles. The Kier molecular flexibility index (Phi) is 5.94. The number of carbonyl (C=O) groups is 1. The third-order valence-electron chi connectivity index (χ3n) is 3.17. The van der Waals surface area contributed by atoms with Gasteiger partial charge < -0.3 is 9.26 Å². The van der Waals surface area contributed by atoms with Gasteiger partial charge in [-0.1, -0.05) is 6.08 Å². The van der Waals surface area contributed by atoms with Gasteiger partial charge in [-0.15, -0.1) is 0 Å². The van der Waals surface area contributed by atoms with Crippen LogP contribution < -0.4 is 5.32 Å². The number of esters is 1. The van der Waals surface area contributed by atoms with E-state index in [4.69, 9.17) is 9.26 Å². The van der Waals surface area contributed by atoms with Crippen molar-refractivity contribution in [1.82, 2.24) is 10.4 Å². The van der Waals surface area contributed by atoms with E-state index < -0.39 is 9.04 Å². The predicted octanol–water partition coefficient (Wildman–Crippen LogP) is 1.46. The van der Waals surface area contributed by atoms with Crippen molar-refractivity contribution in [1.29, 1.82) is 0 Å². The molecule has 0 amide bonds. The quantitative estimate of drug-likeness (QED) is 0.369. The van der Waals surface area contributed by atoms with Gasteiger partial charge in [-0.3, -0.25) is 10.1 Å². The summed E-state index contributed by atoms with van der Waals surface area (Å²) in [7, 11) is 0.231. The Bertz CT molecular complexity index is 377. The molecule has 20 heavy (non-hydrogen) atoms. The molecule has 0 unspecified atom stereocenters. The zero-order valence-corrected chi connectivity index (χ0v) is 14.8. The summed E-state index contributed by atoms with van der Waals surface area (Å²) < 4.78 is 10.9. The van der Waals surface area contributed by atoms with Crippen molar-refractivity contribution < 1.29 is 14.1 Å². The van der Waals surface area contributed by atoms with Crippen molar-refractivity contribution in [3.05, 3.63) is 11.6 Å². The lowest BCUT2D eigenvalue weighted by molar-refractivity contribution is -0.154. The Hall–Kier alpha value is -0.693. The summed E-state index contributed by atoms with van der Waals surface area (Å²) in [6.45, 7) is 13.4. The molecule has 0 spiro atoms. The van der Waals surface area contributed by atoms with Crippen LogP contribution in [0.3, 0.4) is 0 Å². The van der Waals surface area contributed by atoms with Crippen molar-refractivity contribution in [3.8, 4) is 0 Å². The standard InChI is InChI=1S/C14H28N2O3Si/c1-10-8-11(9-15-12(10)13(17)18-5)16(14(2,3)4)19-20(6)7/h8,11-12,15,20H,9H2,1-7H3/t11-,12+/m1/s1. The Balaban J connectivity index is 2.91. The molecular weight excluding hydrogens is 272 g/mol. The van der Waals surface area contributed by atoms with Crippen LogP contribution in [0.5, 0.6) is 0 Å². The Labute approximate surface area is 124 Å². The summed E-state index contributed by atoms with van der Waals surface area (Å²) in [4.78, 5) is 11.7. The molecule has 1 N–H and O–H groups in total. The molecule has 0 fully saturated rings. The van der Waals surface area contributed by atoms with Crippen LogP contribution in [-0.2, 0) is 14.1 Å². The lowest BCUT2D eigenvalue weighted by atomic mass is 9.98. The van der Waals surface area contributed by atoms with E-state index in [0.717, 1.165) is 5.57 Å². The van der Waals surface area contributed by atoms with Crippen LogP contribution in [0.2, 0.25) is 13.1 Å². The van der Waals surface area contributed by atoms with E-state index in [1.807, 2.05) is 6.92 Å². The van der Waals surface area contributed by atoms with Gasteiger partial charge >= 0.3 is 5.97 Å². The van der Waals surface area contributed by atoms with Crippen LogP contribution >= 0.6 is 0 Å². The third-order valence-corrected chi connectivity index (χ3v) is 3.81. The first-order valence-electron chi connectivity index (χ1n) is 7.12. The number of hydrogen-bond donors (Lipinski definition) is 1. The van der Waals surface area contributed by atoms with Crippen LogP contribution in [0.15, 0.2) is 11.6 Å². The maximum absolute atomic E-state index is 11.7. The molecule has 0 aromatic rings. The fourth-order valence-electron chi connectivity index (χ4n) is 2.36. The highest BCUT2D eigenvalue weighted by molar-refractivity contribution is 6.48. The minimum Gasteiger partial charge on any atom is -0.468 e. The molecule has 116 valence electrons. The highest BCUT2D eigenvalue weighted by Gasteiger charge is 2.34. The largest absolute Gasteiger partial charge is 0.468 e. The number of nitrogens with zero attached hydrogens (tertiary/aromatic N) is 1. The van der Waals surface area contributed by atoms with E-state index in [9.17, 15) is 4.79 Å². The summed E-state index contributed by atoms with van der Waals surface area (Å²) in [5.74, 6) is -0.237. The minimum absolute atomic E-state index is 0.0848. The van der Waals surface area contributed by atoms with Crippen LogP contribution in [0.4, 0.5) is 0 Å². The first kappa shape index (κ1) is 17.4. The van der Waals surface area contributed by atoms with Crippen molar-refractivity contribution >= 4 is 15.0 Å². The molecule has 0 radical (unpaired) electrons. The normalized spacial score (nSPS) is 23.9. The number of nitrogens with one attached hydrogen (secondary N) is 1. The second-order valence-corrected chi connectivity index (χ2v) is 8.80. The second-order valence-electron chi connectivity index (χ2n) is 6.49. The fraction of sp³-hybridized carbons (Fsp3) is 0.786. The number of rotatable bonds is 4. The van der Waals surface area contributed by atoms with Crippen LogP contribution in [-0.4, -0.2) is 51.3 Å². The van der Waals surface area contributed by atoms with Gasteiger partial charge in [-0.25, -0.2) is 0 Å². The van der Waals surface area contributed by atoms with Crippen molar-refractivity contribution in [2.24, 2.45) is 0 Å². The topological polar surface area (TPSA) is 50.8 Å². The summed E-state index contributed by atoms with van der Waals surface area (Å²) >= 11 is 0. The number of carbonyl (C=O) groups excluding carboxylic acids is 1. The first-order valence-corrected chi connectivity index (χ1v) is 9.90. The summed E-state index contributed by atoms with van der Waals surface area (Å²) in [5.41, 5.74) is 0.898. The van der Waals surface area contributed by atoms with Gasteiger partial charge in [0.1, 0.15) is 6.04 Å². The maximum Gasteiger partial charge on any atom is 0.327 e.